The lowest BCUT2D eigenvalue weighted by atomic mass is 10.2. The number of benzene rings is 2. The van der Waals surface area contributed by atoms with Gasteiger partial charge in [-0.15, -0.1) is 0 Å². The molecule has 1 heterocycles. The molecule has 2 aromatic carbocycles. The molecule has 0 N–H and O–H groups in total. The number of hydrogen-bond acceptors (Lipinski definition) is 4. The molecule has 4 nitrogen and oxygen atoms in total. The molecule has 3 rings (SSSR count). The van der Waals surface area contributed by atoms with Gasteiger partial charge in [0.15, 0.2) is 5.76 Å². The van der Waals surface area contributed by atoms with Crippen LogP contribution in [0.15, 0.2) is 65.2 Å². The highest BCUT2D eigenvalue weighted by atomic mass is 19.1. The van der Waals surface area contributed by atoms with Crippen molar-refractivity contribution in [1.82, 2.24) is 10.0 Å². The standard InChI is InChI=1S/C19H19FN2O2/c1-2-23-22(13-15-6-4-3-5-7-15)14-19-21-12-18(24-19)16-8-10-17(20)11-9-16/h3-12H,2,13-14H2,1H3. The Balaban J connectivity index is 1.70. The Morgan fingerprint density at radius 3 is 2.50 bits per heavy atom. The average molecular weight is 326 g/mol. The predicted octanol–water partition coefficient (Wildman–Crippen LogP) is 4.43. The molecular formula is C19H19FN2O2. The Kier molecular flexibility index (Phi) is 5.36. The van der Waals surface area contributed by atoms with Gasteiger partial charge in [0, 0.05) is 12.1 Å². The summed E-state index contributed by atoms with van der Waals surface area (Å²) >= 11 is 0. The quantitative estimate of drug-likeness (QED) is 0.602. The van der Waals surface area contributed by atoms with E-state index in [0.717, 1.165) is 11.1 Å². The lowest BCUT2D eigenvalue weighted by molar-refractivity contribution is -0.173. The topological polar surface area (TPSA) is 38.5 Å². The van der Waals surface area contributed by atoms with Crippen LogP contribution in [0.1, 0.15) is 18.4 Å². The van der Waals surface area contributed by atoms with Crippen LogP contribution in [-0.4, -0.2) is 16.7 Å². The van der Waals surface area contributed by atoms with E-state index in [1.165, 1.54) is 12.1 Å². The van der Waals surface area contributed by atoms with Crippen LogP contribution in [0.3, 0.4) is 0 Å². The first-order chi connectivity index (χ1) is 11.7. The molecule has 0 aliphatic carbocycles. The lowest BCUT2D eigenvalue weighted by Gasteiger charge is -2.19. The molecule has 0 bridgehead atoms. The molecule has 0 radical (unpaired) electrons. The summed E-state index contributed by atoms with van der Waals surface area (Å²) in [4.78, 5) is 9.96. The van der Waals surface area contributed by atoms with Crippen LogP contribution in [0.25, 0.3) is 11.3 Å². The molecule has 24 heavy (non-hydrogen) atoms. The maximum Gasteiger partial charge on any atom is 0.211 e. The number of oxazole rings is 1. The van der Waals surface area contributed by atoms with Crippen LogP contribution >= 0.6 is 0 Å². The molecule has 5 heteroatoms. The molecule has 1 aromatic heterocycles. The first kappa shape index (κ1) is 16.4. The van der Waals surface area contributed by atoms with Crippen molar-refractivity contribution in [3.63, 3.8) is 0 Å². The zero-order valence-electron chi connectivity index (χ0n) is 13.5. The van der Waals surface area contributed by atoms with Crippen LogP contribution in [-0.2, 0) is 17.9 Å². The van der Waals surface area contributed by atoms with Gasteiger partial charge in [0.05, 0.1) is 12.8 Å². The van der Waals surface area contributed by atoms with E-state index in [4.69, 9.17) is 9.25 Å². The predicted molar refractivity (Wildman–Crippen MR) is 89.2 cm³/mol. The van der Waals surface area contributed by atoms with E-state index in [-0.39, 0.29) is 5.82 Å². The van der Waals surface area contributed by atoms with E-state index in [1.807, 2.05) is 42.3 Å². The number of rotatable bonds is 7. The molecule has 0 atom stereocenters. The van der Waals surface area contributed by atoms with E-state index in [2.05, 4.69) is 4.98 Å². The molecule has 3 aromatic rings. The Hall–Kier alpha value is -2.50. The van der Waals surface area contributed by atoms with Gasteiger partial charge in [0.25, 0.3) is 0 Å². The number of hydrogen-bond donors (Lipinski definition) is 0. The van der Waals surface area contributed by atoms with Gasteiger partial charge in [0.1, 0.15) is 12.4 Å². The van der Waals surface area contributed by atoms with Crippen LogP contribution in [0.4, 0.5) is 4.39 Å². The number of nitrogens with zero attached hydrogens (tertiary/aromatic N) is 2. The fourth-order valence-electron chi connectivity index (χ4n) is 2.40. The Morgan fingerprint density at radius 1 is 1.04 bits per heavy atom. The molecule has 124 valence electrons. The molecule has 0 saturated carbocycles. The van der Waals surface area contributed by atoms with Gasteiger partial charge >= 0.3 is 0 Å². The second-order valence-electron chi connectivity index (χ2n) is 5.33. The normalized spacial score (nSPS) is 11.1. The number of hydroxylamine groups is 2. The molecule has 0 aliphatic rings. The minimum Gasteiger partial charge on any atom is -0.439 e. The van der Waals surface area contributed by atoms with Crippen molar-refractivity contribution >= 4 is 0 Å². The van der Waals surface area contributed by atoms with Gasteiger partial charge in [-0.05, 0) is 36.8 Å². The van der Waals surface area contributed by atoms with Crippen molar-refractivity contribution < 1.29 is 13.6 Å². The van der Waals surface area contributed by atoms with E-state index in [9.17, 15) is 4.39 Å². The Morgan fingerprint density at radius 2 is 1.79 bits per heavy atom. The van der Waals surface area contributed by atoms with Crippen molar-refractivity contribution in [3.8, 4) is 11.3 Å². The summed E-state index contributed by atoms with van der Waals surface area (Å²) in [6.45, 7) is 3.59. The van der Waals surface area contributed by atoms with Crippen LogP contribution in [0, 0.1) is 5.82 Å². The number of aromatic nitrogens is 1. The third-order valence-corrected chi connectivity index (χ3v) is 3.51. The maximum absolute atomic E-state index is 13.0. The zero-order valence-corrected chi connectivity index (χ0v) is 13.5. The minimum atomic E-state index is -0.274. The molecule has 0 fully saturated rings. The summed E-state index contributed by atoms with van der Waals surface area (Å²) in [6, 6.07) is 16.2. The second kappa shape index (κ2) is 7.86. The van der Waals surface area contributed by atoms with Crippen LogP contribution in [0.5, 0.6) is 0 Å². The summed E-state index contributed by atoms with van der Waals surface area (Å²) in [6.07, 6.45) is 1.65. The highest BCUT2D eigenvalue weighted by molar-refractivity contribution is 5.55. The van der Waals surface area contributed by atoms with Gasteiger partial charge in [-0.3, -0.25) is 4.84 Å². The van der Waals surface area contributed by atoms with Crippen LogP contribution < -0.4 is 0 Å². The summed E-state index contributed by atoms with van der Waals surface area (Å²) in [5.74, 6) is 0.892. The smallest absolute Gasteiger partial charge is 0.211 e. The number of halogens is 1. The lowest BCUT2D eigenvalue weighted by Crippen LogP contribution is -2.23. The average Bonchev–Trinajstić information content (AvgIpc) is 3.05. The van der Waals surface area contributed by atoms with Gasteiger partial charge in [-0.25, -0.2) is 9.37 Å². The summed E-state index contributed by atoms with van der Waals surface area (Å²) in [5, 5.41) is 1.82. The summed E-state index contributed by atoms with van der Waals surface area (Å²) in [7, 11) is 0. The fourth-order valence-corrected chi connectivity index (χ4v) is 2.40. The van der Waals surface area contributed by atoms with E-state index >= 15 is 0 Å². The van der Waals surface area contributed by atoms with Crippen molar-refractivity contribution in [2.75, 3.05) is 6.61 Å². The van der Waals surface area contributed by atoms with Gasteiger partial charge in [0.2, 0.25) is 5.89 Å². The highest BCUT2D eigenvalue weighted by Gasteiger charge is 2.12. The summed E-state index contributed by atoms with van der Waals surface area (Å²) < 4.78 is 18.8. The van der Waals surface area contributed by atoms with E-state index in [0.29, 0.717) is 31.3 Å². The second-order valence-corrected chi connectivity index (χ2v) is 5.33. The monoisotopic (exact) mass is 326 g/mol. The largest absolute Gasteiger partial charge is 0.439 e. The van der Waals surface area contributed by atoms with Crippen molar-refractivity contribution in [3.05, 3.63) is 78.1 Å². The SMILES string of the molecule is CCON(Cc1ccccc1)Cc1ncc(-c2ccc(F)cc2)o1. The first-order valence-corrected chi connectivity index (χ1v) is 7.87. The fraction of sp³-hybridized carbons (Fsp3) is 0.211. The zero-order chi connectivity index (χ0) is 16.8. The first-order valence-electron chi connectivity index (χ1n) is 7.87. The van der Waals surface area contributed by atoms with Gasteiger partial charge in [-0.1, -0.05) is 30.3 Å². The Bertz CT molecular complexity index is 757. The maximum atomic E-state index is 13.0. The van der Waals surface area contributed by atoms with Crippen molar-refractivity contribution in [2.45, 2.75) is 20.0 Å². The summed E-state index contributed by atoms with van der Waals surface area (Å²) in [5.41, 5.74) is 1.94. The Labute approximate surface area is 140 Å². The highest BCUT2D eigenvalue weighted by Crippen LogP contribution is 2.21. The molecule has 0 saturated heterocycles. The third-order valence-electron chi connectivity index (χ3n) is 3.51. The molecule has 0 spiro atoms. The molecule has 0 aliphatic heterocycles. The molecule has 0 unspecified atom stereocenters. The third kappa shape index (κ3) is 4.28. The van der Waals surface area contributed by atoms with Crippen LogP contribution in [0.2, 0.25) is 0 Å². The molecule has 0 amide bonds. The van der Waals surface area contributed by atoms with Crippen molar-refractivity contribution in [2.24, 2.45) is 0 Å². The van der Waals surface area contributed by atoms with Gasteiger partial charge in [-0.2, -0.15) is 5.06 Å². The van der Waals surface area contributed by atoms with Crippen molar-refractivity contribution in [1.29, 1.82) is 0 Å². The van der Waals surface area contributed by atoms with Gasteiger partial charge < -0.3 is 4.42 Å². The van der Waals surface area contributed by atoms with E-state index in [1.54, 1.807) is 18.3 Å². The van der Waals surface area contributed by atoms with E-state index < -0.39 is 0 Å². The minimum absolute atomic E-state index is 0.274. The molecular weight excluding hydrogens is 307 g/mol.